The summed E-state index contributed by atoms with van der Waals surface area (Å²) in [5.74, 6) is 1.81. The second-order valence-electron chi connectivity index (χ2n) is 4.91. The van der Waals surface area contributed by atoms with E-state index >= 15 is 0 Å². The van der Waals surface area contributed by atoms with Crippen LogP contribution in [0.5, 0.6) is 0 Å². The van der Waals surface area contributed by atoms with Crippen LogP contribution in [0.15, 0.2) is 24.5 Å². The summed E-state index contributed by atoms with van der Waals surface area (Å²) in [5, 5.41) is 3.01. The molecule has 2 N–H and O–H groups in total. The molecule has 1 heterocycles. The Kier molecular flexibility index (Phi) is 17.0. The number of aromatic amines is 1. The van der Waals surface area contributed by atoms with Gasteiger partial charge in [-0.1, -0.05) is 29.3 Å². The Labute approximate surface area is 140 Å². The van der Waals surface area contributed by atoms with Crippen molar-refractivity contribution in [2.24, 2.45) is 0 Å². The first-order chi connectivity index (χ1) is 10.2. The van der Waals surface area contributed by atoms with Crippen LogP contribution in [0.4, 0.5) is 5.69 Å². The molecule has 0 amide bonds. The molecular formula is C17H36BrN3+2. The van der Waals surface area contributed by atoms with Crippen molar-refractivity contribution in [3.05, 3.63) is 24.5 Å². The van der Waals surface area contributed by atoms with Crippen LogP contribution < -0.4 is 10.3 Å². The Hall–Kier alpha value is -0.610. The molecule has 0 spiro atoms. The summed E-state index contributed by atoms with van der Waals surface area (Å²) >= 11 is 2.94. The van der Waals surface area contributed by atoms with Crippen molar-refractivity contribution in [3.63, 3.8) is 0 Å². The zero-order chi connectivity index (χ0) is 16.6. The molecule has 1 aromatic heterocycles. The average molecular weight is 362 g/mol. The number of alkyl halides is 1. The Morgan fingerprint density at radius 1 is 1.00 bits per heavy atom. The van der Waals surface area contributed by atoms with Crippen molar-refractivity contribution in [2.45, 2.75) is 40.5 Å². The van der Waals surface area contributed by atoms with Gasteiger partial charge in [0.1, 0.15) is 0 Å². The Morgan fingerprint density at radius 2 is 1.48 bits per heavy atom. The van der Waals surface area contributed by atoms with Gasteiger partial charge in [-0.2, -0.15) is 0 Å². The summed E-state index contributed by atoms with van der Waals surface area (Å²) < 4.78 is 1.31. The molecule has 124 valence electrons. The standard InChI is InChI=1S/C10H24N.C6H8N2.CH3Br/c1-5-9-10-11(6-2,7-3)8-4;1-7-6-2-4-8-5-3-6;1-2/h5-10H2,1-4H3;2-5H,1H3,(H,7,8);1H3/q+1;;/p+1. The van der Waals surface area contributed by atoms with Gasteiger partial charge in [0.05, 0.1) is 26.2 Å². The molecule has 0 aliphatic carbocycles. The Bertz CT molecular complexity index is 292. The van der Waals surface area contributed by atoms with Gasteiger partial charge in [-0.25, -0.2) is 4.98 Å². The number of pyridine rings is 1. The molecule has 0 fully saturated rings. The molecule has 0 radical (unpaired) electrons. The summed E-state index contributed by atoms with van der Waals surface area (Å²) in [6.07, 6.45) is 6.48. The van der Waals surface area contributed by atoms with Crippen molar-refractivity contribution in [1.82, 2.24) is 0 Å². The number of aromatic nitrogens is 1. The lowest BCUT2D eigenvalue weighted by Gasteiger charge is -2.35. The number of nitrogens with one attached hydrogen (secondary N) is 2. The van der Waals surface area contributed by atoms with E-state index in [1.54, 1.807) is 0 Å². The van der Waals surface area contributed by atoms with Gasteiger partial charge < -0.3 is 9.80 Å². The lowest BCUT2D eigenvalue weighted by Crippen LogP contribution is -2.48. The van der Waals surface area contributed by atoms with Crippen LogP contribution in [-0.2, 0) is 0 Å². The third-order valence-electron chi connectivity index (χ3n) is 4.01. The molecule has 1 aromatic rings. The van der Waals surface area contributed by atoms with Crippen molar-refractivity contribution in [1.29, 1.82) is 0 Å². The zero-order valence-corrected chi connectivity index (χ0v) is 16.5. The smallest absolute Gasteiger partial charge is 0.169 e. The Morgan fingerprint density at radius 3 is 1.76 bits per heavy atom. The van der Waals surface area contributed by atoms with E-state index < -0.39 is 0 Å². The van der Waals surface area contributed by atoms with Crippen LogP contribution in [0.2, 0.25) is 0 Å². The number of nitrogens with zero attached hydrogens (tertiary/aromatic N) is 1. The molecule has 0 bridgehead atoms. The van der Waals surface area contributed by atoms with Gasteiger partial charge in [0.2, 0.25) is 0 Å². The van der Waals surface area contributed by atoms with Crippen LogP contribution in [-0.4, -0.2) is 43.5 Å². The van der Waals surface area contributed by atoms with Gasteiger partial charge in [0, 0.05) is 24.9 Å². The third kappa shape index (κ3) is 10.7. The van der Waals surface area contributed by atoms with Crippen LogP contribution in [0.3, 0.4) is 0 Å². The molecule has 0 saturated carbocycles. The van der Waals surface area contributed by atoms with E-state index in [1.807, 2.05) is 37.4 Å². The van der Waals surface area contributed by atoms with Crippen LogP contribution in [0, 0.1) is 0 Å². The molecule has 1 rings (SSSR count). The SMILES string of the molecule is CBr.CCCC[N+](CC)(CC)CC.CNc1cc[nH+]cc1. The number of rotatable bonds is 7. The fourth-order valence-electron chi connectivity index (χ4n) is 2.19. The van der Waals surface area contributed by atoms with E-state index in [9.17, 15) is 0 Å². The molecular weight excluding hydrogens is 326 g/mol. The van der Waals surface area contributed by atoms with Gasteiger partial charge in [-0.05, 0) is 33.0 Å². The van der Waals surface area contributed by atoms with E-state index in [-0.39, 0.29) is 0 Å². The Balaban J connectivity index is 0. The van der Waals surface area contributed by atoms with Crippen molar-refractivity contribution in [3.8, 4) is 0 Å². The van der Waals surface area contributed by atoms with E-state index in [1.165, 1.54) is 43.5 Å². The van der Waals surface area contributed by atoms with Gasteiger partial charge >= 0.3 is 0 Å². The van der Waals surface area contributed by atoms with Gasteiger partial charge in [0.15, 0.2) is 12.4 Å². The molecule has 0 unspecified atom stereocenters. The number of hydrogen-bond acceptors (Lipinski definition) is 1. The number of halogens is 1. The minimum atomic E-state index is 1.13. The topological polar surface area (TPSA) is 26.2 Å². The maximum Gasteiger partial charge on any atom is 0.169 e. The monoisotopic (exact) mass is 361 g/mol. The minimum absolute atomic E-state index is 1.13. The van der Waals surface area contributed by atoms with Gasteiger partial charge in [-0.3, -0.25) is 0 Å². The van der Waals surface area contributed by atoms with E-state index in [4.69, 9.17) is 0 Å². The number of quaternary nitrogens is 1. The number of hydrogen-bond donors (Lipinski definition) is 1. The lowest BCUT2D eigenvalue weighted by atomic mass is 10.2. The van der Waals surface area contributed by atoms with Gasteiger partial charge in [-0.15, -0.1) is 0 Å². The molecule has 0 aliphatic rings. The fraction of sp³-hybridized carbons (Fsp3) is 0.706. The summed E-state index contributed by atoms with van der Waals surface area (Å²) in [7, 11) is 1.90. The summed E-state index contributed by atoms with van der Waals surface area (Å²) in [6, 6.07) is 3.94. The highest BCUT2D eigenvalue weighted by Crippen LogP contribution is 2.07. The first kappa shape index (κ1) is 22.7. The van der Waals surface area contributed by atoms with Crippen LogP contribution >= 0.6 is 15.9 Å². The highest BCUT2D eigenvalue weighted by molar-refractivity contribution is 9.08. The largest absolute Gasteiger partial charge is 0.388 e. The minimum Gasteiger partial charge on any atom is -0.388 e. The normalized spacial score (nSPS) is 9.86. The van der Waals surface area contributed by atoms with Crippen molar-refractivity contribution >= 4 is 21.6 Å². The molecule has 21 heavy (non-hydrogen) atoms. The summed E-state index contributed by atoms with van der Waals surface area (Å²) in [4.78, 5) is 2.93. The number of unbranched alkanes of at least 4 members (excludes halogenated alkanes) is 1. The second-order valence-corrected chi connectivity index (χ2v) is 4.91. The second kappa shape index (κ2) is 15.8. The highest BCUT2D eigenvalue weighted by atomic mass is 79.9. The first-order valence-electron chi connectivity index (χ1n) is 8.04. The van der Waals surface area contributed by atoms with Crippen molar-refractivity contribution < 1.29 is 9.47 Å². The van der Waals surface area contributed by atoms with Gasteiger partial charge in [0.25, 0.3) is 0 Å². The predicted octanol–water partition coefficient (Wildman–Crippen LogP) is 4.22. The molecule has 0 saturated heterocycles. The average Bonchev–Trinajstić information content (AvgIpc) is 2.60. The molecule has 3 nitrogen and oxygen atoms in total. The molecule has 0 aliphatic heterocycles. The lowest BCUT2D eigenvalue weighted by molar-refractivity contribution is -0.923. The number of anilines is 1. The van der Waals surface area contributed by atoms with E-state index in [2.05, 4.69) is 53.9 Å². The number of H-pyrrole nitrogens is 1. The quantitative estimate of drug-likeness (QED) is 0.571. The maximum absolute atomic E-state index is 3.01. The predicted molar refractivity (Wildman–Crippen MR) is 99.1 cm³/mol. The molecule has 0 atom stereocenters. The van der Waals surface area contributed by atoms with E-state index in [0.717, 1.165) is 5.69 Å². The highest BCUT2D eigenvalue weighted by Gasteiger charge is 2.18. The summed E-state index contributed by atoms with van der Waals surface area (Å²) in [5.41, 5.74) is 1.13. The van der Waals surface area contributed by atoms with E-state index in [0.29, 0.717) is 0 Å². The zero-order valence-electron chi connectivity index (χ0n) is 14.9. The third-order valence-corrected chi connectivity index (χ3v) is 4.01. The molecule has 0 aromatic carbocycles. The van der Waals surface area contributed by atoms with Crippen LogP contribution in [0.25, 0.3) is 0 Å². The summed E-state index contributed by atoms with van der Waals surface area (Å²) in [6.45, 7) is 14.5. The van der Waals surface area contributed by atoms with Crippen molar-refractivity contribution in [2.75, 3.05) is 44.4 Å². The maximum atomic E-state index is 3.01. The van der Waals surface area contributed by atoms with Crippen LogP contribution in [0.1, 0.15) is 40.5 Å². The molecule has 4 heteroatoms. The first-order valence-corrected chi connectivity index (χ1v) is 9.63. The fourth-order valence-corrected chi connectivity index (χ4v) is 2.19.